The molecule has 2 rings (SSSR count). The van der Waals surface area contributed by atoms with Gasteiger partial charge in [0, 0.05) is 24.7 Å². The normalized spacial score (nSPS) is 11.6. The molecule has 0 aliphatic carbocycles. The minimum Gasteiger partial charge on any atom is -0.508 e. The van der Waals surface area contributed by atoms with E-state index < -0.39 is 24.1 Å². The van der Waals surface area contributed by atoms with Crippen LogP contribution in [0.2, 0.25) is 0 Å². The fourth-order valence-corrected chi connectivity index (χ4v) is 3.02. The summed E-state index contributed by atoms with van der Waals surface area (Å²) in [5, 5.41) is 17.7. The molecular formula is C21H25N3O7. The number of rotatable bonds is 10. The van der Waals surface area contributed by atoms with Crippen molar-refractivity contribution in [3.8, 4) is 11.5 Å². The van der Waals surface area contributed by atoms with Crippen molar-refractivity contribution in [3.05, 3.63) is 40.1 Å². The molecule has 0 aliphatic heterocycles. The number of aromatic nitrogens is 2. The number of methoxy groups -OCH3 is 2. The average molecular weight is 431 g/mol. The van der Waals surface area contributed by atoms with Crippen LogP contribution >= 0.6 is 0 Å². The lowest BCUT2D eigenvalue weighted by atomic mass is 10.1. The molecule has 0 spiro atoms. The lowest BCUT2D eigenvalue weighted by Gasteiger charge is -2.11. The summed E-state index contributed by atoms with van der Waals surface area (Å²) >= 11 is 0. The van der Waals surface area contributed by atoms with Crippen LogP contribution in [0.3, 0.4) is 0 Å². The van der Waals surface area contributed by atoms with Gasteiger partial charge in [-0.1, -0.05) is 0 Å². The molecule has 0 radical (unpaired) electrons. The molecule has 10 nitrogen and oxygen atoms in total. The molecular weight excluding hydrogens is 406 g/mol. The van der Waals surface area contributed by atoms with Crippen molar-refractivity contribution in [1.29, 1.82) is 5.41 Å². The van der Waals surface area contributed by atoms with Gasteiger partial charge < -0.3 is 24.7 Å². The number of nitrogens with one attached hydrogen (secondary N) is 1. The summed E-state index contributed by atoms with van der Waals surface area (Å²) < 4.78 is 16.8. The van der Waals surface area contributed by atoms with Gasteiger partial charge in [0.05, 0.1) is 37.0 Å². The number of carbonyl (C=O) groups excluding carboxylic acids is 2. The van der Waals surface area contributed by atoms with E-state index in [0.717, 1.165) is 0 Å². The van der Waals surface area contributed by atoms with Gasteiger partial charge in [-0.15, -0.1) is 0 Å². The van der Waals surface area contributed by atoms with E-state index in [2.05, 4.69) is 4.98 Å². The average Bonchev–Trinajstić information content (AvgIpc) is 2.72. The van der Waals surface area contributed by atoms with Crippen molar-refractivity contribution in [3.63, 3.8) is 0 Å². The number of ketones is 1. The zero-order chi connectivity index (χ0) is 23.1. The molecule has 1 aromatic carbocycles. The Labute approximate surface area is 178 Å². The molecule has 0 saturated carbocycles. The molecule has 0 fully saturated rings. The number of ether oxygens (including phenoxy) is 3. The number of hydrogen-bond donors (Lipinski definition) is 2. The van der Waals surface area contributed by atoms with Crippen molar-refractivity contribution < 1.29 is 28.9 Å². The third-order valence-electron chi connectivity index (χ3n) is 4.49. The van der Waals surface area contributed by atoms with E-state index in [1.54, 1.807) is 12.1 Å². The highest BCUT2D eigenvalue weighted by molar-refractivity contribution is 6.19. The maximum absolute atomic E-state index is 12.7. The smallest absolute Gasteiger partial charge is 0.306 e. The maximum Gasteiger partial charge on any atom is 0.306 e. The third-order valence-corrected chi connectivity index (χ3v) is 4.49. The van der Waals surface area contributed by atoms with Crippen LogP contribution in [-0.4, -0.2) is 52.9 Å². The molecule has 0 unspecified atom stereocenters. The predicted octanol–water partition coefficient (Wildman–Crippen LogP) is 2.18. The van der Waals surface area contributed by atoms with Crippen LogP contribution < -0.4 is 15.0 Å². The lowest BCUT2D eigenvalue weighted by Crippen LogP contribution is -2.21. The summed E-state index contributed by atoms with van der Waals surface area (Å²) in [7, 11) is 2.97. The zero-order valence-electron chi connectivity index (χ0n) is 17.9. The van der Waals surface area contributed by atoms with Gasteiger partial charge in [-0.05, 0) is 26.3 Å². The first-order valence-electron chi connectivity index (χ1n) is 9.45. The molecule has 1 aromatic heterocycles. The van der Waals surface area contributed by atoms with Gasteiger partial charge >= 0.3 is 5.97 Å². The standard InChI is InChI=1S/C21H25N3O7/c1-12(22)20(13(2)25)16(26)10-31-19(27)6-5-7-24-11-23-15-9-18(30-4)17(29-3)8-14(15)21(24)28/h8-9,11,22,26H,5-7,10H2,1-4H3/b20-16-,22-12?. The van der Waals surface area contributed by atoms with Crippen LogP contribution in [0.1, 0.15) is 26.7 Å². The quantitative estimate of drug-likeness (QED) is 0.252. The number of hydrogen-bond acceptors (Lipinski definition) is 9. The second-order valence-electron chi connectivity index (χ2n) is 6.73. The van der Waals surface area contributed by atoms with Gasteiger partial charge in [0.25, 0.3) is 5.56 Å². The van der Waals surface area contributed by atoms with E-state index in [1.165, 1.54) is 39.0 Å². The minimum atomic E-state index is -0.606. The number of esters is 1. The van der Waals surface area contributed by atoms with Gasteiger partial charge in [-0.3, -0.25) is 19.0 Å². The van der Waals surface area contributed by atoms with E-state index in [1.807, 2.05) is 0 Å². The number of aliphatic hydroxyl groups is 1. The molecule has 0 amide bonds. The fourth-order valence-electron chi connectivity index (χ4n) is 3.02. The highest BCUT2D eigenvalue weighted by Crippen LogP contribution is 2.29. The molecule has 10 heteroatoms. The van der Waals surface area contributed by atoms with E-state index in [9.17, 15) is 19.5 Å². The molecule has 0 saturated heterocycles. The highest BCUT2D eigenvalue weighted by Gasteiger charge is 2.15. The van der Waals surface area contributed by atoms with Crippen molar-refractivity contribution in [1.82, 2.24) is 9.55 Å². The first-order chi connectivity index (χ1) is 14.7. The second-order valence-corrected chi connectivity index (χ2v) is 6.73. The first kappa shape index (κ1) is 23.6. The number of carbonyl (C=O) groups is 2. The molecule has 1 heterocycles. The van der Waals surface area contributed by atoms with Crippen LogP contribution in [-0.2, 0) is 20.9 Å². The first-order valence-corrected chi connectivity index (χ1v) is 9.45. The Morgan fingerprint density at radius 3 is 2.39 bits per heavy atom. The number of aryl methyl sites for hydroxylation is 1. The Kier molecular flexibility index (Phi) is 7.89. The molecule has 166 valence electrons. The molecule has 2 aromatic rings. The summed E-state index contributed by atoms with van der Waals surface area (Å²) in [5.41, 5.74) is -0.108. The highest BCUT2D eigenvalue weighted by atomic mass is 16.5. The van der Waals surface area contributed by atoms with Gasteiger partial charge in [0.1, 0.15) is 12.4 Å². The summed E-state index contributed by atoms with van der Waals surface area (Å²) in [6, 6.07) is 3.17. The van der Waals surface area contributed by atoms with Crippen molar-refractivity contribution >= 4 is 28.4 Å². The van der Waals surface area contributed by atoms with Crippen LogP contribution in [0.4, 0.5) is 0 Å². The minimum absolute atomic E-state index is 0.0112. The number of aliphatic hydroxyl groups excluding tert-OH is 1. The Hall–Kier alpha value is -3.69. The molecule has 0 aliphatic rings. The molecule has 31 heavy (non-hydrogen) atoms. The second kappa shape index (κ2) is 10.4. The Bertz CT molecular complexity index is 1090. The van der Waals surface area contributed by atoms with Crippen molar-refractivity contribution in [2.75, 3.05) is 20.8 Å². The largest absolute Gasteiger partial charge is 0.508 e. The van der Waals surface area contributed by atoms with E-state index >= 15 is 0 Å². The molecule has 0 bridgehead atoms. The number of allylic oxidation sites excluding steroid dienone is 1. The topological polar surface area (TPSA) is 141 Å². The fraction of sp³-hybridized carbons (Fsp3) is 0.381. The summed E-state index contributed by atoms with van der Waals surface area (Å²) in [6.45, 7) is 2.30. The van der Waals surface area contributed by atoms with Crippen LogP contribution in [0.25, 0.3) is 10.9 Å². The number of fused-ring (bicyclic) bond motifs is 1. The van der Waals surface area contributed by atoms with Crippen molar-refractivity contribution in [2.24, 2.45) is 0 Å². The molecule has 2 N–H and O–H groups in total. The Morgan fingerprint density at radius 1 is 1.16 bits per heavy atom. The van der Waals surface area contributed by atoms with E-state index in [-0.39, 0.29) is 29.8 Å². The monoisotopic (exact) mass is 431 g/mol. The predicted molar refractivity (Wildman–Crippen MR) is 113 cm³/mol. The summed E-state index contributed by atoms with van der Waals surface area (Å²) in [4.78, 5) is 40.3. The van der Waals surface area contributed by atoms with Crippen LogP contribution in [0, 0.1) is 5.41 Å². The van der Waals surface area contributed by atoms with E-state index in [0.29, 0.717) is 28.8 Å². The van der Waals surface area contributed by atoms with Gasteiger partial charge in [0.15, 0.2) is 17.3 Å². The van der Waals surface area contributed by atoms with Crippen molar-refractivity contribution in [2.45, 2.75) is 33.2 Å². The van der Waals surface area contributed by atoms with Gasteiger partial charge in [0.2, 0.25) is 0 Å². The van der Waals surface area contributed by atoms with E-state index in [4.69, 9.17) is 19.6 Å². The summed E-state index contributed by atoms with van der Waals surface area (Å²) in [5.74, 6) is -0.685. The summed E-state index contributed by atoms with van der Waals surface area (Å²) in [6.07, 6.45) is 1.68. The Morgan fingerprint density at radius 2 is 1.81 bits per heavy atom. The van der Waals surface area contributed by atoms with Crippen LogP contribution in [0.15, 0.2) is 34.6 Å². The van der Waals surface area contributed by atoms with Gasteiger partial charge in [-0.25, -0.2) is 4.98 Å². The molecule has 0 atom stereocenters. The third kappa shape index (κ3) is 5.68. The lowest BCUT2D eigenvalue weighted by molar-refractivity contribution is -0.143. The number of benzene rings is 1. The maximum atomic E-state index is 12.7. The van der Waals surface area contributed by atoms with Gasteiger partial charge in [-0.2, -0.15) is 0 Å². The number of nitrogens with zero attached hydrogens (tertiary/aromatic N) is 2. The Balaban J connectivity index is 2.02. The SMILES string of the molecule is COc1cc2ncn(CCCC(=O)OC/C(O)=C(\C(C)=N)C(C)=O)c(=O)c2cc1OC. The van der Waals surface area contributed by atoms with Crippen LogP contribution in [0.5, 0.6) is 11.5 Å². The number of Topliss-reactive ketones (excluding diaryl/α,β-unsaturated/α-hetero) is 1. The zero-order valence-corrected chi connectivity index (χ0v) is 17.9.